The van der Waals surface area contributed by atoms with Crippen LogP contribution < -0.4 is 9.67 Å². The van der Waals surface area contributed by atoms with Crippen molar-refractivity contribution >= 4 is 5.97 Å². The average Bonchev–Trinajstić information content (AvgIpc) is 2.71. The van der Waals surface area contributed by atoms with Gasteiger partial charge in [0.25, 0.3) is 0 Å². The highest BCUT2D eigenvalue weighted by atomic mass is 16.4. The second kappa shape index (κ2) is 9.87. The first-order valence-electron chi connectivity index (χ1n) is 6.31. The Morgan fingerprint density at radius 1 is 1.29 bits per heavy atom. The Balaban J connectivity index is 0.000000302. The highest BCUT2D eigenvalue weighted by Gasteiger charge is 1.92. The third-order valence-electron chi connectivity index (χ3n) is 2.42. The molecule has 0 fully saturated rings. The van der Waals surface area contributed by atoms with Gasteiger partial charge in [0.15, 0.2) is 0 Å². The van der Waals surface area contributed by atoms with Gasteiger partial charge in [-0.15, -0.1) is 0 Å². The quantitative estimate of drug-likeness (QED) is 0.551. The van der Waals surface area contributed by atoms with Crippen molar-refractivity contribution in [2.45, 2.75) is 52.5 Å². The van der Waals surface area contributed by atoms with E-state index in [4.69, 9.17) is 0 Å². The van der Waals surface area contributed by atoms with Gasteiger partial charge in [0.1, 0.15) is 12.4 Å². The van der Waals surface area contributed by atoms with Crippen LogP contribution in [0.1, 0.15) is 46.0 Å². The molecule has 0 aliphatic heterocycles. The summed E-state index contributed by atoms with van der Waals surface area (Å²) in [5.41, 5.74) is 0. The summed E-state index contributed by atoms with van der Waals surface area (Å²) in [4.78, 5) is 9.85. The monoisotopic (exact) mass is 240 g/mol. The topological polar surface area (TPSA) is 48.9 Å². The lowest BCUT2D eigenvalue weighted by atomic mass is 10.2. The number of aryl methyl sites for hydroxylation is 2. The number of imidazole rings is 1. The first kappa shape index (κ1) is 15.7. The molecule has 0 saturated heterocycles. The van der Waals surface area contributed by atoms with Crippen molar-refractivity contribution in [3.05, 3.63) is 18.7 Å². The highest BCUT2D eigenvalue weighted by molar-refractivity contribution is 5.63. The van der Waals surface area contributed by atoms with Crippen LogP contribution in [0, 0.1) is 0 Å². The molecule has 1 aromatic rings. The summed E-state index contributed by atoms with van der Waals surface area (Å²) in [6.45, 7) is 5.28. The van der Waals surface area contributed by atoms with Crippen molar-refractivity contribution in [1.82, 2.24) is 4.57 Å². The molecule has 0 spiro atoms. The zero-order valence-electron chi connectivity index (χ0n) is 11.2. The van der Waals surface area contributed by atoms with E-state index in [1.54, 1.807) is 0 Å². The smallest absolute Gasteiger partial charge is 0.243 e. The van der Waals surface area contributed by atoms with Crippen LogP contribution in [-0.4, -0.2) is 10.5 Å². The molecular formula is C13H24N2O2. The van der Waals surface area contributed by atoms with E-state index in [1.165, 1.54) is 0 Å². The van der Waals surface area contributed by atoms with E-state index in [1.807, 2.05) is 17.8 Å². The summed E-state index contributed by atoms with van der Waals surface area (Å²) in [6, 6.07) is 0. The van der Waals surface area contributed by atoms with Crippen molar-refractivity contribution < 1.29 is 14.5 Å². The molecule has 0 aliphatic rings. The number of carbonyl (C=O) groups is 1. The first-order valence-corrected chi connectivity index (χ1v) is 6.31. The number of nitrogens with zero attached hydrogens (tertiary/aromatic N) is 2. The molecule has 4 nitrogen and oxygen atoms in total. The largest absolute Gasteiger partial charge is 0.550 e. The van der Waals surface area contributed by atoms with E-state index in [9.17, 15) is 9.90 Å². The molecule has 0 amide bonds. The Hall–Kier alpha value is -1.32. The van der Waals surface area contributed by atoms with E-state index in [0.717, 1.165) is 32.2 Å². The fourth-order valence-corrected chi connectivity index (χ4v) is 1.38. The molecule has 0 radical (unpaired) electrons. The van der Waals surface area contributed by atoms with Gasteiger partial charge >= 0.3 is 0 Å². The lowest BCUT2D eigenvalue weighted by Gasteiger charge is -1.99. The highest BCUT2D eigenvalue weighted by Crippen LogP contribution is 2.00. The van der Waals surface area contributed by atoms with Crippen molar-refractivity contribution in [2.24, 2.45) is 7.05 Å². The first-order chi connectivity index (χ1) is 8.10. The molecular weight excluding hydrogens is 216 g/mol. The fourth-order valence-electron chi connectivity index (χ4n) is 1.38. The van der Waals surface area contributed by atoms with Crippen LogP contribution in [0.5, 0.6) is 0 Å². The minimum Gasteiger partial charge on any atom is -0.550 e. The predicted octanol–water partition coefficient (Wildman–Crippen LogP) is 1.04. The van der Waals surface area contributed by atoms with Crippen LogP contribution in [-0.2, 0) is 18.4 Å². The van der Waals surface area contributed by atoms with Gasteiger partial charge in [-0.3, -0.25) is 0 Å². The van der Waals surface area contributed by atoms with Gasteiger partial charge in [-0.1, -0.05) is 26.2 Å². The maximum absolute atomic E-state index is 9.85. The molecule has 4 heteroatoms. The molecule has 1 aromatic heterocycles. The molecule has 0 aliphatic carbocycles. The SMILES string of the molecule is CCCCCCC(=O)[O-].CCn1cc[n+](C)c1. The minimum atomic E-state index is -0.925. The van der Waals surface area contributed by atoms with E-state index in [-0.39, 0.29) is 6.42 Å². The van der Waals surface area contributed by atoms with Crippen LogP contribution in [0.25, 0.3) is 0 Å². The predicted molar refractivity (Wildman–Crippen MR) is 65.0 cm³/mol. The van der Waals surface area contributed by atoms with Gasteiger partial charge in [-0.25, -0.2) is 9.13 Å². The third-order valence-corrected chi connectivity index (χ3v) is 2.42. The van der Waals surface area contributed by atoms with Crippen LogP contribution in [0.4, 0.5) is 0 Å². The molecule has 1 heterocycles. The molecule has 98 valence electrons. The van der Waals surface area contributed by atoms with Crippen molar-refractivity contribution in [3.8, 4) is 0 Å². The number of carboxylic acid groups (broad SMARTS) is 1. The van der Waals surface area contributed by atoms with E-state index in [2.05, 4.69) is 30.9 Å². The molecule has 0 aromatic carbocycles. The van der Waals surface area contributed by atoms with Gasteiger partial charge in [0.05, 0.1) is 13.6 Å². The average molecular weight is 240 g/mol. The molecule has 0 unspecified atom stereocenters. The second-order valence-electron chi connectivity index (χ2n) is 4.09. The summed E-state index contributed by atoms with van der Waals surface area (Å²) in [7, 11) is 2.02. The maximum Gasteiger partial charge on any atom is 0.243 e. The van der Waals surface area contributed by atoms with Crippen molar-refractivity contribution in [1.29, 1.82) is 0 Å². The number of hydrogen-bond acceptors (Lipinski definition) is 2. The number of rotatable bonds is 6. The summed E-state index contributed by atoms with van der Waals surface area (Å²) < 4.78 is 4.16. The van der Waals surface area contributed by atoms with Gasteiger partial charge in [0, 0.05) is 5.97 Å². The number of carbonyl (C=O) groups excluding carboxylic acids is 1. The van der Waals surface area contributed by atoms with Crippen LogP contribution in [0.2, 0.25) is 0 Å². The Bertz CT molecular complexity index is 308. The molecule has 1 rings (SSSR count). The van der Waals surface area contributed by atoms with Crippen molar-refractivity contribution in [2.75, 3.05) is 0 Å². The molecule has 0 N–H and O–H groups in total. The van der Waals surface area contributed by atoms with E-state index < -0.39 is 5.97 Å². The van der Waals surface area contributed by atoms with E-state index >= 15 is 0 Å². The van der Waals surface area contributed by atoms with Crippen LogP contribution >= 0.6 is 0 Å². The van der Waals surface area contributed by atoms with Crippen LogP contribution in [0.3, 0.4) is 0 Å². The number of aliphatic carboxylic acids is 1. The Morgan fingerprint density at radius 2 is 2.00 bits per heavy atom. The zero-order chi connectivity index (χ0) is 13.1. The Labute approximate surface area is 104 Å². The molecule has 17 heavy (non-hydrogen) atoms. The Kier molecular flexibility index (Phi) is 9.11. The van der Waals surface area contributed by atoms with Gasteiger partial charge in [0.2, 0.25) is 6.33 Å². The summed E-state index contributed by atoms with van der Waals surface area (Å²) in [5.74, 6) is -0.925. The molecule has 0 saturated carbocycles. The summed E-state index contributed by atoms with van der Waals surface area (Å²) in [5, 5.41) is 9.85. The summed E-state index contributed by atoms with van der Waals surface area (Å²) >= 11 is 0. The molecule has 0 atom stereocenters. The number of hydrogen-bond donors (Lipinski definition) is 0. The lowest BCUT2D eigenvalue weighted by molar-refractivity contribution is -0.671. The van der Waals surface area contributed by atoms with Gasteiger partial charge in [-0.2, -0.15) is 0 Å². The minimum absolute atomic E-state index is 0.222. The van der Waals surface area contributed by atoms with Gasteiger partial charge in [-0.05, 0) is 19.8 Å². The number of carboxylic acids is 1. The third kappa shape index (κ3) is 9.60. The maximum atomic E-state index is 9.85. The standard InChI is InChI=1S/C7H14O2.C6H11N2/c1-2-3-4-5-6-7(8)9;1-3-8-5-4-7(2)6-8/h2-6H2,1H3,(H,8,9);4-6H,3H2,1-2H3/q;+1/p-1. The fraction of sp³-hybridized carbons (Fsp3) is 0.692. The summed E-state index contributed by atoms with van der Waals surface area (Å²) in [6.07, 6.45) is 10.4. The zero-order valence-corrected chi connectivity index (χ0v) is 11.2. The number of unbranched alkanes of at least 4 members (excludes halogenated alkanes) is 3. The lowest BCUT2D eigenvalue weighted by Crippen LogP contribution is -2.23. The Morgan fingerprint density at radius 3 is 2.35 bits per heavy atom. The number of aromatic nitrogens is 2. The molecule has 0 bridgehead atoms. The van der Waals surface area contributed by atoms with E-state index in [0.29, 0.717) is 0 Å². The van der Waals surface area contributed by atoms with Crippen LogP contribution in [0.15, 0.2) is 18.7 Å². The van der Waals surface area contributed by atoms with Crippen molar-refractivity contribution in [3.63, 3.8) is 0 Å². The second-order valence-corrected chi connectivity index (χ2v) is 4.09. The van der Waals surface area contributed by atoms with Gasteiger partial charge < -0.3 is 9.90 Å². The normalized spacial score (nSPS) is 9.59.